The molecule has 7 nitrogen and oxygen atoms in total. The molecule has 0 radical (unpaired) electrons. The van der Waals surface area contributed by atoms with Crippen LogP contribution in [-0.2, 0) is 4.79 Å². The highest BCUT2D eigenvalue weighted by atomic mass is 35.5. The minimum atomic E-state index is -0.486. The summed E-state index contributed by atoms with van der Waals surface area (Å²) >= 11 is 7.80. The van der Waals surface area contributed by atoms with Crippen molar-refractivity contribution in [2.45, 2.75) is 39.7 Å². The third kappa shape index (κ3) is 4.15. The number of aryl methyl sites for hydroxylation is 2. The second-order valence-electron chi connectivity index (χ2n) is 7.54. The van der Waals surface area contributed by atoms with Gasteiger partial charge in [-0.15, -0.1) is 21.5 Å². The molecule has 4 rings (SSSR count). The Hall–Kier alpha value is -2.55. The number of thiophene rings is 1. The van der Waals surface area contributed by atoms with Crippen LogP contribution in [0.1, 0.15) is 52.1 Å². The molecule has 3 aromatic rings. The second-order valence-corrected chi connectivity index (χ2v) is 9.18. The van der Waals surface area contributed by atoms with Gasteiger partial charge < -0.3 is 10.4 Å². The van der Waals surface area contributed by atoms with E-state index in [1.165, 1.54) is 4.88 Å². The average molecular weight is 458 g/mol. The summed E-state index contributed by atoms with van der Waals surface area (Å²) in [5.41, 5.74) is 3.96. The minimum absolute atomic E-state index is 0.0366. The van der Waals surface area contributed by atoms with E-state index in [0.29, 0.717) is 23.8 Å². The molecule has 1 amide bonds. The number of carbonyl (C=O) groups is 1. The number of hydrogen-bond acceptors (Lipinski definition) is 6. The van der Waals surface area contributed by atoms with Gasteiger partial charge in [0.15, 0.2) is 5.82 Å². The number of amides is 1. The lowest BCUT2D eigenvalue weighted by molar-refractivity contribution is -0.121. The van der Waals surface area contributed by atoms with E-state index in [2.05, 4.69) is 29.4 Å². The molecule has 1 aliphatic rings. The number of nitrogens with zero attached hydrogens (tertiary/aromatic N) is 4. The van der Waals surface area contributed by atoms with E-state index in [4.69, 9.17) is 21.7 Å². The summed E-state index contributed by atoms with van der Waals surface area (Å²) in [7, 11) is 0. The van der Waals surface area contributed by atoms with Crippen LogP contribution < -0.4 is 5.32 Å². The van der Waals surface area contributed by atoms with Gasteiger partial charge >= 0.3 is 0 Å². The maximum Gasteiger partial charge on any atom is 0.222 e. The molecule has 1 aliphatic heterocycles. The van der Waals surface area contributed by atoms with E-state index in [1.54, 1.807) is 11.3 Å². The first kappa shape index (κ1) is 21.7. The summed E-state index contributed by atoms with van der Waals surface area (Å²) in [5.74, 6) is 1.28. The predicted molar refractivity (Wildman–Crippen MR) is 123 cm³/mol. The highest BCUT2D eigenvalue weighted by Gasteiger charge is 2.32. The van der Waals surface area contributed by atoms with Crippen LogP contribution in [0, 0.1) is 20.8 Å². The summed E-state index contributed by atoms with van der Waals surface area (Å²) in [6, 6.07) is 7.12. The number of carbonyl (C=O) groups excluding carboxylic acids is 1. The predicted octanol–water partition coefficient (Wildman–Crippen LogP) is 3.69. The van der Waals surface area contributed by atoms with E-state index in [0.717, 1.165) is 33.2 Å². The highest BCUT2D eigenvalue weighted by molar-refractivity contribution is 7.15. The molecule has 0 saturated carbocycles. The van der Waals surface area contributed by atoms with Gasteiger partial charge in [-0.2, -0.15) is 0 Å². The largest absolute Gasteiger partial charge is 0.396 e. The number of aliphatic hydroxyl groups excluding tert-OH is 1. The first-order valence-electron chi connectivity index (χ1n) is 10.1. The molecule has 2 N–H and O–H groups in total. The summed E-state index contributed by atoms with van der Waals surface area (Å²) in [4.78, 5) is 18.9. The van der Waals surface area contributed by atoms with Crippen molar-refractivity contribution < 1.29 is 9.90 Å². The Bertz CT molecular complexity index is 1150. The Labute approximate surface area is 189 Å². The zero-order valence-corrected chi connectivity index (χ0v) is 19.2. The number of benzene rings is 1. The van der Waals surface area contributed by atoms with E-state index >= 15 is 0 Å². The fourth-order valence-corrected chi connectivity index (χ4v) is 5.03. The smallest absolute Gasteiger partial charge is 0.222 e. The van der Waals surface area contributed by atoms with Gasteiger partial charge in [-0.1, -0.05) is 23.7 Å². The number of hydrogen-bond donors (Lipinski definition) is 2. The molecule has 31 heavy (non-hydrogen) atoms. The standard InChI is InChI=1S/C22H24ClN5O2S/c1-12-13(2)31-22-19(12)20(15-5-7-16(23)8-6-15)25-17(11-18(30)24-9-4-10-29)21-27-26-14(3)28(21)22/h5-8,17,29H,4,9-11H2,1-3H3,(H,24,30)/t17-/m0/s1. The number of aliphatic hydroxyl groups is 1. The molecule has 0 aliphatic carbocycles. The molecule has 3 heterocycles. The number of halogens is 1. The molecule has 2 aromatic heterocycles. The Morgan fingerprint density at radius 3 is 2.68 bits per heavy atom. The van der Waals surface area contributed by atoms with Crippen LogP contribution in [0.25, 0.3) is 5.00 Å². The third-order valence-electron chi connectivity index (χ3n) is 5.39. The average Bonchev–Trinajstić information content (AvgIpc) is 3.21. The SMILES string of the molecule is Cc1sc2c(c1C)C(c1ccc(Cl)cc1)=N[C@@H](CC(=O)NCCCO)c1nnc(C)n1-2. The summed E-state index contributed by atoms with van der Waals surface area (Å²) < 4.78 is 2.03. The van der Waals surface area contributed by atoms with Crippen molar-refractivity contribution in [3.05, 3.63) is 62.5 Å². The molecule has 0 spiro atoms. The molecule has 0 bridgehead atoms. The second kappa shape index (κ2) is 8.90. The lowest BCUT2D eigenvalue weighted by atomic mass is 9.99. The molecular weight excluding hydrogens is 434 g/mol. The topological polar surface area (TPSA) is 92.4 Å². The fraction of sp³-hybridized carbons (Fsp3) is 0.364. The van der Waals surface area contributed by atoms with Crippen LogP contribution in [0.4, 0.5) is 0 Å². The van der Waals surface area contributed by atoms with Crippen molar-refractivity contribution >= 4 is 34.6 Å². The highest BCUT2D eigenvalue weighted by Crippen LogP contribution is 2.39. The molecule has 0 unspecified atom stereocenters. The Morgan fingerprint density at radius 1 is 1.23 bits per heavy atom. The maximum atomic E-state index is 12.6. The van der Waals surface area contributed by atoms with Crippen molar-refractivity contribution in [2.75, 3.05) is 13.2 Å². The first-order chi connectivity index (χ1) is 14.9. The van der Waals surface area contributed by atoms with Gasteiger partial charge in [-0.05, 0) is 44.9 Å². The monoisotopic (exact) mass is 457 g/mol. The number of aromatic nitrogens is 3. The van der Waals surface area contributed by atoms with Crippen LogP contribution in [0.3, 0.4) is 0 Å². The molecule has 9 heteroatoms. The quantitative estimate of drug-likeness (QED) is 0.552. The van der Waals surface area contributed by atoms with Gasteiger partial charge in [-0.3, -0.25) is 14.4 Å². The number of nitrogens with one attached hydrogen (secondary N) is 1. The van der Waals surface area contributed by atoms with Crippen LogP contribution in [-0.4, -0.2) is 44.6 Å². The third-order valence-corrected chi connectivity index (χ3v) is 6.84. The van der Waals surface area contributed by atoms with Gasteiger partial charge in [0, 0.05) is 34.2 Å². The van der Waals surface area contributed by atoms with Gasteiger partial charge in [-0.25, -0.2) is 0 Å². The van der Waals surface area contributed by atoms with Gasteiger partial charge in [0.1, 0.15) is 16.9 Å². The zero-order valence-electron chi connectivity index (χ0n) is 17.6. The molecule has 0 fully saturated rings. The fourth-order valence-electron chi connectivity index (χ4n) is 3.69. The molecule has 1 aromatic carbocycles. The zero-order chi connectivity index (χ0) is 22.1. The Kier molecular flexibility index (Phi) is 6.22. The number of aliphatic imine (C=N–C) groups is 1. The summed E-state index contributed by atoms with van der Waals surface area (Å²) in [6.45, 7) is 6.56. The molecule has 0 saturated heterocycles. The minimum Gasteiger partial charge on any atom is -0.396 e. The lowest BCUT2D eigenvalue weighted by Gasteiger charge is -2.13. The first-order valence-corrected chi connectivity index (χ1v) is 11.3. The van der Waals surface area contributed by atoms with Crippen molar-refractivity contribution in [3.8, 4) is 5.00 Å². The van der Waals surface area contributed by atoms with Gasteiger partial charge in [0.05, 0.1) is 12.1 Å². The Morgan fingerprint density at radius 2 is 1.97 bits per heavy atom. The normalized spacial score (nSPS) is 15.1. The molecular formula is C22H24ClN5O2S. The maximum absolute atomic E-state index is 12.6. The molecule has 1 atom stereocenters. The van der Waals surface area contributed by atoms with Gasteiger partial charge in [0.2, 0.25) is 5.91 Å². The van der Waals surface area contributed by atoms with Crippen LogP contribution in [0.2, 0.25) is 5.02 Å². The number of fused-ring (bicyclic) bond motifs is 3. The van der Waals surface area contributed by atoms with Crippen LogP contribution in [0.5, 0.6) is 0 Å². The number of rotatable bonds is 6. The summed E-state index contributed by atoms with van der Waals surface area (Å²) in [5, 5.41) is 22.2. The van der Waals surface area contributed by atoms with Crippen molar-refractivity contribution in [3.63, 3.8) is 0 Å². The van der Waals surface area contributed by atoms with Crippen LogP contribution in [0.15, 0.2) is 29.3 Å². The van der Waals surface area contributed by atoms with E-state index in [1.807, 2.05) is 35.8 Å². The lowest BCUT2D eigenvalue weighted by Crippen LogP contribution is -2.27. The Balaban J connectivity index is 1.85. The van der Waals surface area contributed by atoms with Crippen molar-refractivity contribution in [1.29, 1.82) is 0 Å². The molecule has 162 valence electrons. The summed E-state index contributed by atoms with van der Waals surface area (Å²) in [6.07, 6.45) is 0.661. The van der Waals surface area contributed by atoms with E-state index in [-0.39, 0.29) is 18.9 Å². The van der Waals surface area contributed by atoms with Gasteiger partial charge in [0.25, 0.3) is 0 Å². The van der Waals surface area contributed by atoms with Crippen molar-refractivity contribution in [2.24, 2.45) is 4.99 Å². The van der Waals surface area contributed by atoms with Crippen molar-refractivity contribution in [1.82, 2.24) is 20.1 Å². The van der Waals surface area contributed by atoms with Crippen LogP contribution >= 0.6 is 22.9 Å². The van der Waals surface area contributed by atoms with E-state index < -0.39 is 6.04 Å². The van der Waals surface area contributed by atoms with E-state index in [9.17, 15) is 4.79 Å².